The van der Waals surface area contributed by atoms with Crippen molar-refractivity contribution in [1.82, 2.24) is 5.32 Å². The Labute approximate surface area is 310 Å². The van der Waals surface area contributed by atoms with Crippen molar-refractivity contribution < 1.29 is 33.4 Å². The number of furan rings is 1. The van der Waals surface area contributed by atoms with Crippen molar-refractivity contribution in [2.75, 3.05) is 6.54 Å². The number of ether oxygens (including phenoxy) is 1. The molecule has 8 atom stereocenters. The van der Waals surface area contributed by atoms with E-state index in [0.717, 1.165) is 55.4 Å². The maximum Gasteiger partial charge on any atom is 0.309 e. The van der Waals surface area contributed by atoms with Crippen LogP contribution in [-0.4, -0.2) is 47.5 Å². The van der Waals surface area contributed by atoms with Crippen LogP contribution in [0.4, 0.5) is 0 Å². The van der Waals surface area contributed by atoms with E-state index in [-0.39, 0.29) is 65.0 Å². The van der Waals surface area contributed by atoms with Crippen LogP contribution in [0.5, 0.6) is 0 Å². The minimum absolute atomic E-state index is 0.0374. The van der Waals surface area contributed by atoms with Crippen LogP contribution in [-0.2, 0) is 30.5 Å². The van der Waals surface area contributed by atoms with Crippen LogP contribution in [0.1, 0.15) is 132 Å². The highest BCUT2D eigenvalue weighted by atomic mass is 16.5. The molecule has 52 heavy (non-hydrogen) atoms. The quantitative estimate of drug-likeness (QED) is 0.153. The van der Waals surface area contributed by atoms with Crippen molar-refractivity contribution in [1.29, 1.82) is 5.41 Å². The molecule has 0 aliphatic heterocycles. The van der Waals surface area contributed by atoms with Gasteiger partial charge in [0.2, 0.25) is 0 Å². The van der Waals surface area contributed by atoms with Crippen molar-refractivity contribution in [3.05, 3.63) is 35.3 Å². The van der Waals surface area contributed by atoms with Gasteiger partial charge in [-0.25, -0.2) is 0 Å². The molecule has 8 unspecified atom stereocenters. The average molecular weight is 719 g/mol. The van der Waals surface area contributed by atoms with Gasteiger partial charge in [0.1, 0.15) is 11.9 Å². The number of ketones is 2. The zero-order valence-corrected chi connectivity index (χ0v) is 33.0. The molecule has 3 N–H and O–H groups in total. The second-order valence-corrected chi connectivity index (χ2v) is 19.4. The summed E-state index contributed by atoms with van der Waals surface area (Å²) >= 11 is 0. The molecule has 9 nitrogen and oxygen atoms in total. The number of carbonyl (C=O) groups excluding carboxylic acids is 3. The third-order valence-electron chi connectivity index (χ3n) is 16.2. The van der Waals surface area contributed by atoms with E-state index in [4.69, 9.17) is 14.6 Å². The summed E-state index contributed by atoms with van der Waals surface area (Å²) in [5, 5.41) is 22.0. The molecule has 0 amide bonds. The van der Waals surface area contributed by atoms with Gasteiger partial charge in [0, 0.05) is 23.5 Å². The third-order valence-corrected chi connectivity index (χ3v) is 16.2. The number of esters is 1. The zero-order valence-electron chi connectivity index (χ0n) is 33.0. The fraction of sp³-hybridized carbons (Fsp3) is 0.744. The van der Waals surface area contributed by atoms with Crippen molar-refractivity contribution in [2.24, 2.45) is 55.7 Å². The van der Waals surface area contributed by atoms with Crippen LogP contribution >= 0.6 is 0 Å². The zero-order chi connectivity index (χ0) is 38.3. The lowest BCUT2D eigenvalue weighted by molar-refractivity contribution is -0.251. The number of carboxylic acid groups (broad SMARTS) is 1. The van der Waals surface area contributed by atoms with Crippen LogP contribution in [0, 0.1) is 61.1 Å². The number of hydrogen-bond acceptors (Lipinski definition) is 8. The first-order chi connectivity index (χ1) is 24.2. The first kappa shape index (κ1) is 38.6. The van der Waals surface area contributed by atoms with Gasteiger partial charge in [-0.2, -0.15) is 0 Å². The van der Waals surface area contributed by atoms with E-state index in [1.807, 2.05) is 12.1 Å². The second-order valence-electron chi connectivity index (χ2n) is 19.4. The highest BCUT2D eigenvalue weighted by Gasteiger charge is 2.74. The Hall–Kier alpha value is -3.07. The Kier molecular flexibility index (Phi) is 9.49. The Bertz CT molecular complexity index is 1670. The molecule has 4 saturated carbocycles. The molecule has 6 rings (SSSR count). The van der Waals surface area contributed by atoms with Crippen molar-refractivity contribution >= 4 is 29.7 Å². The summed E-state index contributed by atoms with van der Waals surface area (Å²) in [5.41, 5.74) is -1.53. The van der Waals surface area contributed by atoms with Gasteiger partial charge in [0.15, 0.2) is 11.6 Å². The molecule has 0 spiro atoms. The van der Waals surface area contributed by atoms with Gasteiger partial charge in [-0.3, -0.25) is 19.2 Å². The van der Waals surface area contributed by atoms with Crippen LogP contribution in [0.3, 0.4) is 0 Å². The standard InChI is InChI=1S/C43H62N2O7/c1-26(2)34-29(46)21-42(31(47)24-45-23-27-11-10-20-51-27)18-16-39(7)28(35(34)42)12-13-30-40(39,8)17-19-43(25-44)38(5,6)32(14-15-41(30,43)9)52-33(48)22-37(3,4)36(49)50/h10-11,20,25-26,28,30,32,44-45H,12-19,21-24H2,1-9H3,(H,49,50). The maximum absolute atomic E-state index is 14.4. The molecule has 0 saturated heterocycles. The van der Waals surface area contributed by atoms with Gasteiger partial charge in [0.05, 0.1) is 36.6 Å². The van der Waals surface area contributed by atoms with Crippen molar-refractivity contribution in [3.63, 3.8) is 0 Å². The van der Waals surface area contributed by atoms with E-state index >= 15 is 0 Å². The fourth-order valence-corrected chi connectivity index (χ4v) is 13.0. The van der Waals surface area contributed by atoms with Gasteiger partial charge in [-0.05, 0) is 122 Å². The molecule has 1 heterocycles. The summed E-state index contributed by atoms with van der Waals surface area (Å²) in [6.45, 7) is 19.6. The van der Waals surface area contributed by atoms with Gasteiger partial charge in [0.25, 0.3) is 0 Å². The van der Waals surface area contributed by atoms with Gasteiger partial charge in [-0.1, -0.05) is 48.5 Å². The van der Waals surface area contributed by atoms with Crippen molar-refractivity contribution in [2.45, 2.75) is 139 Å². The number of nitrogens with one attached hydrogen (secondary N) is 2. The first-order valence-corrected chi connectivity index (χ1v) is 19.7. The van der Waals surface area contributed by atoms with E-state index < -0.39 is 39.7 Å². The number of aliphatic carboxylic acids is 1. The Morgan fingerprint density at radius 2 is 1.71 bits per heavy atom. The molecule has 0 radical (unpaired) electrons. The SMILES string of the molecule is CC(C)C1=C2C3CCC4C(C)(CCC5(C=N)C(C)(C)C(OC(=O)CC(C)(C)C(=O)O)CCC45C)C3(C)CCC2(C(=O)CNCc2ccco2)CC1=O. The lowest BCUT2D eigenvalue weighted by atomic mass is 9.29. The highest BCUT2D eigenvalue weighted by molar-refractivity contribution is 6.07. The number of Topliss-reactive ketones (excluding diaryl/α,β-unsaturated/α-hetero) is 2. The Balaban J connectivity index is 1.32. The molecular formula is C43H62N2O7. The predicted molar refractivity (Wildman–Crippen MR) is 198 cm³/mol. The highest BCUT2D eigenvalue weighted by Crippen LogP contribution is 2.79. The Morgan fingerprint density at radius 3 is 2.33 bits per heavy atom. The maximum atomic E-state index is 14.4. The summed E-state index contributed by atoms with van der Waals surface area (Å²) in [7, 11) is 0. The fourth-order valence-electron chi connectivity index (χ4n) is 13.0. The summed E-state index contributed by atoms with van der Waals surface area (Å²) < 4.78 is 11.7. The number of carbonyl (C=O) groups is 4. The molecule has 4 fully saturated rings. The molecule has 0 aromatic carbocycles. The number of fused-ring (bicyclic) bond motifs is 7. The molecule has 1 aromatic heterocycles. The van der Waals surface area contributed by atoms with Crippen LogP contribution in [0.2, 0.25) is 0 Å². The minimum atomic E-state index is -1.22. The topological polar surface area (TPSA) is 147 Å². The molecule has 5 aliphatic rings. The van der Waals surface area contributed by atoms with Gasteiger partial charge >= 0.3 is 11.9 Å². The lowest BCUT2D eigenvalue weighted by Gasteiger charge is -2.75. The number of hydrogen-bond donors (Lipinski definition) is 3. The molecule has 5 aliphatic carbocycles. The van der Waals surface area contributed by atoms with E-state index in [9.17, 15) is 24.3 Å². The second kappa shape index (κ2) is 12.8. The van der Waals surface area contributed by atoms with E-state index in [2.05, 4.69) is 53.8 Å². The van der Waals surface area contributed by atoms with E-state index in [1.165, 1.54) is 0 Å². The summed E-state index contributed by atoms with van der Waals surface area (Å²) in [5.74, 6) is -0.0480. The molecule has 286 valence electrons. The van der Waals surface area contributed by atoms with Crippen molar-refractivity contribution in [3.8, 4) is 0 Å². The van der Waals surface area contributed by atoms with E-state index in [0.29, 0.717) is 19.4 Å². The van der Waals surface area contributed by atoms with E-state index in [1.54, 1.807) is 26.3 Å². The minimum Gasteiger partial charge on any atom is -0.481 e. The molecule has 1 aromatic rings. The number of carboxylic acids is 1. The molecule has 0 bridgehead atoms. The monoisotopic (exact) mass is 718 g/mol. The summed E-state index contributed by atoms with van der Waals surface area (Å²) in [6.07, 6.45) is 9.47. The molecule has 9 heteroatoms. The number of allylic oxidation sites excluding steroid dienone is 2. The predicted octanol–water partition coefficient (Wildman–Crippen LogP) is 8.35. The largest absolute Gasteiger partial charge is 0.481 e. The average Bonchev–Trinajstić information content (AvgIpc) is 3.68. The lowest BCUT2D eigenvalue weighted by Crippen LogP contribution is -2.71. The first-order valence-electron chi connectivity index (χ1n) is 19.7. The normalized spacial score (nSPS) is 38.2. The van der Waals surface area contributed by atoms with Crippen LogP contribution < -0.4 is 5.32 Å². The van der Waals surface area contributed by atoms with Gasteiger partial charge in [-0.15, -0.1) is 0 Å². The smallest absolute Gasteiger partial charge is 0.309 e. The Morgan fingerprint density at radius 1 is 1.02 bits per heavy atom. The van der Waals surface area contributed by atoms with Crippen LogP contribution in [0.25, 0.3) is 0 Å². The van der Waals surface area contributed by atoms with Gasteiger partial charge < -0.3 is 25.0 Å². The summed E-state index contributed by atoms with van der Waals surface area (Å²) in [6, 6.07) is 3.73. The third kappa shape index (κ3) is 5.28. The summed E-state index contributed by atoms with van der Waals surface area (Å²) in [4.78, 5) is 53.4. The van der Waals surface area contributed by atoms with Crippen LogP contribution in [0.15, 0.2) is 34.0 Å². The number of rotatable bonds is 11. The molecular weight excluding hydrogens is 656 g/mol.